The lowest BCUT2D eigenvalue weighted by Crippen LogP contribution is -2.26. The number of sulfonamides is 1. The topological polar surface area (TPSA) is 84.2 Å². The third-order valence-electron chi connectivity index (χ3n) is 3.40. The van der Waals surface area contributed by atoms with Crippen LogP contribution in [0.2, 0.25) is 0 Å². The largest absolute Gasteiger partial charge is 0.392 e. The average molecular weight is 309 g/mol. The molecule has 0 saturated heterocycles. The van der Waals surface area contributed by atoms with Gasteiger partial charge in [0, 0.05) is 31.9 Å². The number of nitrogens with one attached hydrogen (secondary N) is 1. The third kappa shape index (κ3) is 3.69. The molecule has 114 valence electrons. The van der Waals surface area contributed by atoms with Crippen LogP contribution in [-0.2, 0) is 30.1 Å². The van der Waals surface area contributed by atoms with Gasteiger partial charge in [0.05, 0.1) is 11.5 Å². The zero-order chi connectivity index (χ0) is 15.5. The smallest absolute Gasteiger partial charge is 0.240 e. The standard InChI is InChI=1S/C14H19N3O3S/c1-11-3-4-14(9-12(11)10-18)21(19,20)16-8-6-13-5-7-15-17(13)2/h3-5,7,9,16,18H,6,8,10H2,1-2H3. The summed E-state index contributed by atoms with van der Waals surface area (Å²) in [6, 6.07) is 6.59. The number of aryl methyl sites for hydroxylation is 2. The van der Waals surface area contributed by atoms with E-state index in [1.165, 1.54) is 6.07 Å². The van der Waals surface area contributed by atoms with Crippen molar-refractivity contribution >= 4 is 10.0 Å². The molecule has 0 unspecified atom stereocenters. The maximum Gasteiger partial charge on any atom is 0.240 e. The summed E-state index contributed by atoms with van der Waals surface area (Å²) in [6.45, 7) is 1.95. The summed E-state index contributed by atoms with van der Waals surface area (Å²) in [5.74, 6) is 0. The van der Waals surface area contributed by atoms with Gasteiger partial charge in [-0.3, -0.25) is 4.68 Å². The molecular formula is C14H19N3O3S. The minimum Gasteiger partial charge on any atom is -0.392 e. The minimum atomic E-state index is -3.57. The van der Waals surface area contributed by atoms with E-state index in [-0.39, 0.29) is 11.5 Å². The Hall–Kier alpha value is -1.70. The molecule has 0 aliphatic carbocycles. The molecule has 2 rings (SSSR count). The molecule has 7 heteroatoms. The van der Waals surface area contributed by atoms with Crippen LogP contribution in [0, 0.1) is 6.92 Å². The first-order chi connectivity index (χ1) is 9.94. The van der Waals surface area contributed by atoms with Crippen LogP contribution in [-0.4, -0.2) is 29.8 Å². The van der Waals surface area contributed by atoms with Gasteiger partial charge >= 0.3 is 0 Å². The number of aromatic nitrogens is 2. The SMILES string of the molecule is Cc1ccc(S(=O)(=O)NCCc2ccnn2C)cc1CO. The highest BCUT2D eigenvalue weighted by Crippen LogP contribution is 2.15. The van der Waals surface area contributed by atoms with Crippen molar-refractivity contribution in [1.82, 2.24) is 14.5 Å². The normalized spacial score (nSPS) is 11.8. The summed E-state index contributed by atoms with van der Waals surface area (Å²) in [5, 5.41) is 13.2. The van der Waals surface area contributed by atoms with E-state index in [1.807, 2.05) is 20.0 Å². The number of rotatable bonds is 6. The van der Waals surface area contributed by atoms with E-state index < -0.39 is 10.0 Å². The van der Waals surface area contributed by atoms with Crippen LogP contribution >= 0.6 is 0 Å². The van der Waals surface area contributed by atoms with Crippen LogP contribution in [0.15, 0.2) is 35.4 Å². The van der Waals surface area contributed by atoms with Gasteiger partial charge in [0.1, 0.15) is 0 Å². The first kappa shape index (κ1) is 15.7. The summed E-state index contributed by atoms with van der Waals surface area (Å²) in [6.07, 6.45) is 2.24. The van der Waals surface area contributed by atoms with Crippen molar-refractivity contribution < 1.29 is 13.5 Å². The van der Waals surface area contributed by atoms with Crippen LogP contribution in [0.5, 0.6) is 0 Å². The maximum absolute atomic E-state index is 12.2. The second-order valence-electron chi connectivity index (χ2n) is 4.84. The minimum absolute atomic E-state index is 0.169. The van der Waals surface area contributed by atoms with Gasteiger partial charge in [0.25, 0.3) is 0 Å². The number of aliphatic hydroxyl groups is 1. The Morgan fingerprint density at radius 2 is 2.10 bits per heavy atom. The van der Waals surface area contributed by atoms with E-state index in [0.717, 1.165) is 11.3 Å². The molecular weight excluding hydrogens is 290 g/mol. The molecule has 0 fully saturated rings. The van der Waals surface area contributed by atoms with Crippen LogP contribution in [0.4, 0.5) is 0 Å². The third-order valence-corrected chi connectivity index (χ3v) is 4.86. The zero-order valence-corrected chi connectivity index (χ0v) is 12.9. The van der Waals surface area contributed by atoms with Gasteiger partial charge in [-0.1, -0.05) is 6.07 Å². The van der Waals surface area contributed by atoms with Crippen molar-refractivity contribution in [3.63, 3.8) is 0 Å². The molecule has 0 bridgehead atoms. The molecule has 0 radical (unpaired) electrons. The lowest BCUT2D eigenvalue weighted by Gasteiger charge is -2.09. The van der Waals surface area contributed by atoms with Gasteiger partial charge in [-0.05, 0) is 36.2 Å². The predicted molar refractivity (Wildman–Crippen MR) is 79.2 cm³/mol. The number of nitrogens with zero attached hydrogens (tertiary/aromatic N) is 2. The van der Waals surface area contributed by atoms with Crippen molar-refractivity contribution in [2.75, 3.05) is 6.54 Å². The van der Waals surface area contributed by atoms with Gasteiger partial charge in [-0.25, -0.2) is 13.1 Å². The molecule has 0 aliphatic heterocycles. The van der Waals surface area contributed by atoms with Crippen molar-refractivity contribution in [2.45, 2.75) is 24.8 Å². The van der Waals surface area contributed by atoms with Crippen LogP contribution in [0.25, 0.3) is 0 Å². The molecule has 1 aromatic heterocycles. The Morgan fingerprint density at radius 1 is 1.33 bits per heavy atom. The molecule has 2 N–H and O–H groups in total. The molecule has 1 heterocycles. The molecule has 0 saturated carbocycles. The zero-order valence-electron chi connectivity index (χ0n) is 12.1. The number of benzene rings is 1. The highest BCUT2D eigenvalue weighted by Gasteiger charge is 2.15. The number of hydrogen-bond acceptors (Lipinski definition) is 4. The Morgan fingerprint density at radius 3 is 2.71 bits per heavy atom. The second kappa shape index (κ2) is 6.38. The Bertz CT molecular complexity index is 723. The predicted octanol–water partition coefficient (Wildman–Crippen LogP) is 0.742. The van der Waals surface area contributed by atoms with E-state index >= 15 is 0 Å². The van der Waals surface area contributed by atoms with E-state index in [0.29, 0.717) is 18.5 Å². The second-order valence-corrected chi connectivity index (χ2v) is 6.61. The molecule has 1 aromatic carbocycles. The lowest BCUT2D eigenvalue weighted by atomic mass is 10.1. The summed E-state index contributed by atoms with van der Waals surface area (Å²) in [7, 11) is -1.75. The van der Waals surface area contributed by atoms with E-state index in [4.69, 9.17) is 0 Å². The van der Waals surface area contributed by atoms with Crippen molar-refractivity contribution in [2.24, 2.45) is 7.05 Å². The van der Waals surface area contributed by atoms with Gasteiger partial charge < -0.3 is 5.11 Å². The Kier molecular flexibility index (Phi) is 4.76. The number of aliphatic hydroxyl groups excluding tert-OH is 1. The van der Waals surface area contributed by atoms with Gasteiger partial charge in [-0.2, -0.15) is 5.10 Å². The molecule has 0 atom stereocenters. The van der Waals surface area contributed by atoms with Gasteiger partial charge in [0.2, 0.25) is 10.0 Å². The Labute approximate surface area is 124 Å². The molecule has 2 aromatic rings. The molecule has 0 aliphatic rings. The molecule has 6 nitrogen and oxygen atoms in total. The fourth-order valence-electron chi connectivity index (χ4n) is 2.03. The summed E-state index contributed by atoms with van der Waals surface area (Å²) < 4.78 is 28.7. The fourth-order valence-corrected chi connectivity index (χ4v) is 3.11. The fraction of sp³-hybridized carbons (Fsp3) is 0.357. The van der Waals surface area contributed by atoms with Gasteiger partial charge in [-0.15, -0.1) is 0 Å². The first-order valence-electron chi connectivity index (χ1n) is 6.61. The highest BCUT2D eigenvalue weighted by molar-refractivity contribution is 7.89. The van der Waals surface area contributed by atoms with E-state index in [9.17, 15) is 13.5 Å². The van der Waals surface area contributed by atoms with Crippen LogP contribution < -0.4 is 4.72 Å². The van der Waals surface area contributed by atoms with Crippen LogP contribution in [0.3, 0.4) is 0 Å². The number of hydrogen-bond donors (Lipinski definition) is 2. The lowest BCUT2D eigenvalue weighted by molar-refractivity contribution is 0.280. The average Bonchev–Trinajstić information content (AvgIpc) is 2.84. The van der Waals surface area contributed by atoms with Crippen molar-refractivity contribution in [3.8, 4) is 0 Å². The Balaban J connectivity index is 2.06. The maximum atomic E-state index is 12.2. The van der Waals surface area contributed by atoms with Gasteiger partial charge in [0.15, 0.2) is 0 Å². The molecule has 21 heavy (non-hydrogen) atoms. The van der Waals surface area contributed by atoms with Crippen molar-refractivity contribution in [3.05, 3.63) is 47.3 Å². The highest BCUT2D eigenvalue weighted by atomic mass is 32.2. The van der Waals surface area contributed by atoms with Crippen LogP contribution in [0.1, 0.15) is 16.8 Å². The monoisotopic (exact) mass is 309 g/mol. The van der Waals surface area contributed by atoms with E-state index in [2.05, 4.69) is 9.82 Å². The summed E-state index contributed by atoms with van der Waals surface area (Å²) in [4.78, 5) is 0.169. The molecule has 0 amide bonds. The summed E-state index contributed by atoms with van der Waals surface area (Å²) in [5.41, 5.74) is 2.44. The summed E-state index contributed by atoms with van der Waals surface area (Å²) >= 11 is 0. The quantitative estimate of drug-likeness (QED) is 0.824. The first-order valence-corrected chi connectivity index (χ1v) is 8.09. The van der Waals surface area contributed by atoms with Crippen molar-refractivity contribution in [1.29, 1.82) is 0 Å². The van der Waals surface area contributed by atoms with E-state index in [1.54, 1.807) is 23.0 Å². The molecule has 0 spiro atoms.